The summed E-state index contributed by atoms with van der Waals surface area (Å²) in [5, 5.41) is 8.67. The fraction of sp³-hybridized carbons (Fsp3) is 0.778. The van der Waals surface area contributed by atoms with Gasteiger partial charge in [-0.25, -0.2) is 4.79 Å². The zero-order valence-electron chi connectivity index (χ0n) is 8.61. The Morgan fingerprint density at radius 1 is 1.57 bits per heavy atom. The van der Waals surface area contributed by atoms with Crippen molar-refractivity contribution in [2.75, 3.05) is 13.1 Å². The van der Waals surface area contributed by atoms with E-state index in [-0.39, 0.29) is 18.9 Å². The normalized spacial score (nSPS) is 22.9. The zero-order valence-corrected chi connectivity index (χ0v) is 8.61. The summed E-state index contributed by atoms with van der Waals surface area (Å²) in [5.74, 6) is -0.165. The molecule has 5 nitrogen and oxygen atoms in total. The maximum absolute atomic E-state index is 11.3. The second-order valence-electron chi connectivity index (χ2n) is 4.35. The third kappa shape index (κ3) is 2.70. The van der Waals surface area contributed by atoms with E-state index in [9.17, 15) is 9.59 Å². The van der Waals surface area contributed by atoms with Crippen molar-refractivity contribution in [1.29, 1.82) is 0 Å². The Morgan fingerprint density at radius 3 is 2.50 bits per heavy atom. The van der Waals surface area contributed by atoms with Crippen LogP contribution in [0.1, 0.15) is 20.8 Å². The molecule has 5 heteroatoms. The quantitative estimate of drug-likeness (QED) is 0.679. The molecule has 0 aromatic heterocycles. The molecular weight excluding hydrogens is 186 g/mol. The van der Waals surface area contributed by atoms with E-state index in [1.54, 1.807) is 0 Å². The van der Waals surface area contributed by atoms with Crippen LogP contribution in [-0.4, -0.2) is 46.7 Å². The van der Waals surface area contributed by atoms with E-state index in [1.165, 1.54) is 0 Å². The van der Waals surface area contributed by atoms with Gasteiger partial charge in [0.1, 0.15) is 6.10 Å². The number of amides is 1. The monoisotopic (exact) mass is 201 g/mol. The van der Waals surface area contributed by atoms with E-state index in [4.69, 9.17) is 9.84 Å². The van der Waals surface area contributed by atoms with Crippen molar-refractivity contribution < 1.29 is 19.4 Å². The molecule has 1 aliphatic heterocycles. The number of Topliss-reactive ketones (excluding diaryl/α,β-unsaturated/α-hetero) is 1. The molecule has 1 rings (SSSR count). The van der Waals surface area contributed by atoms with Crippen LogP contribution in [0.4, 0.5) is 4.79 Å². The number of carbonyl (C=O) groups excluding carboxylic acids is 1. The minimum Gasteiger partial charge on any atom is -0.465 e. The molecule has 1 atom stereocenters. The molecule has 0 radical (unpaired) electrons. The van der Waals surface area contributed by atoms with Crippen molar-refractivity contribution in [2.45, 2.75) is 32.5 Å². The van der Waals surface area contributed by atoms with Gasteiger partial charge in [-0.1, -0.05) is 0 Å². The molecule has 14 heavy (non-hydrogen) atoms. The minimum atomic E-state index is -1.07. The Hall–Kier alpha value is -1.10. The third-order valence-corrected chi connectivity index (χ3v) is 1.86. The van der Waals surface area contributed by atoms with E-state index in [2.05, 4.69) is 0 Å². The van der Waals surface area contributed by atoms with Crippen molar-refractivity contribution in [1.82, 2.24) is 4.90 Å². The largest absolute Gasteiger partial charge is 0.465 e. The number of rotatable bonds is 1. The van der Waals surface area contributed by atoms with Crippen LogP contribution in [-0.2, 0) is 9.53 Å². The maximum Gasteiger partial charge on any atom is 0.407 e. The van der Waals surface area contributed by atoms with Gasteiger partial charge in [0.2, 0.25) is 0 Å². The topological polar surface area (TPSA) is 66.8 Å². The lowest BCUT2D eigenvalue weighted by atomic mass is 10.1. The fourth-order valence-corrected chi connectivity index (χ4v) is 1.33. The molecule has 1 aliphatic rings. The fourth-order valence-electron chi connectivity index (χ4n) is 1.33. The standard InChI is InChI=1S/C9H15NO4/c1-9(2,3)14-7-5-10(8(12)13)4-6(7)11/h7H,4-5H2,1-3H3,(H,12,13). The van der Waals surface area contributed by atoms with E-state index in [1.807, 2.05) is 20.8 Å². The second kappa shape index (κ2) is 3.57. The van der Waals surface area contributed by atoms with Crippen LogP contribution in [0, 0.1) is 0 Å². The number of hydrogen-bond donors (Lipinski definition) is 1. The summed E-state index contributed by atoms with van der Waals surface area (Å²) < 4.78 is 5.44. The number of carboxylic acid groups (broad SMARTS) is 1. The van der Waals surface area contributed by atoms with Gasteiger partial charge in [0.05, 0.1) is 18.7 Å². The Morgan fingerprint density at radius 2 is 2.14 bits per heavy atom. The molecule has 80 valence electrons. The van der Waals surface area contributed by atoms with Crippen LogP contribution >= 0.6 is 0 Å². The summed E-state index contributed by atoms with van der Waals surface area (Å²) in [5.41, 5.74) is -0.422. The van der Waals surface area contributed by atoms with Crippen molar-refractivity contribution in [2.24, 2.45) is 0 Å². The van der Waals surface area contributed by atoms with Crippen LogP contribution in [0.2, 0.25) is 0 Å². The van der Waals surface area contributed by atoms with Crippen molar-refractivity contribution in [3.63, 3.8) is 0 Å². The Balaban J connectivity index is 2.58. The van der Waals surface area contributed by atoms with Crippen molar-refractivity contribution in [3.8, 4) is 0 Å². The summed E-state index contributed by atoms with van der Waals surface area (Å²) in [6.07, 6.45) is -1.68. The van der Waals surface area contributed by atoms with Gasteiger partial charge in [-0.05, 0) is 20.8 Å². The predicted octanol–water partition coefficient (Wildman–Crippen LogP) is 0.733. The smallest absolute Gasteiger partial charge is 0.407 e. The van der Waals surface area contributed by atoms with Gasteiger partial charge in [-0.15, -0.1) is 0 Å². The van der Waals surface area contributed by atoms with Gasteiger partial charge < -0.3 is 9.84 Å². The second-order valence-corrected chi connectivity index (χ2v) is 4.35. The maximum atomic E-state index is 11.3. The number of ketones is 1. The molecule has 0 saturated carbocycles. The molecule has 0 aliphatic carbocycles. The summed E-state index contributed by atoms with van der Waals surface area (Å²) in [6.45, 7) is 5.60. The van der Waals surface area contributed by atoms with Gasteiger partial charge in [0.25, 0.3) is 0 Å². The molecular formula is C9H15NO4. The van der Waals surface area contributed by atoms with Crippen LogP contribution in [0.3, 0.4) is 0 Å². The van der Waals surface area contributed by atoms with Crippen LogP contribution in [0.25, 0.3) is 0 Å². The minimum absolute atomic E-state index is 0.0594. The molecule has 1 heterocycles. The lowest BCUT2D eigenvalue weighted by molar-refractivity contribution is -0.133. The van der Waals surface area contributed by atoms with Crippen LogP contribution < -0.4 is 0 Å². The van der Waals surface area contributed by atoms with Gasteiger partial charge in [-0.2, -0.15) is 0 Å². The first-order valence-electron chi connectivity index (χ1n) is 4.48. The van der Waals surface area contributed by atoms with Gasteiger partial charge in [0, 0.05) is 0 Å². The molecule has 0 bridgehead atoms. The Kier molecular flexibility index (Phi) is 2.80. The highest BCUT2D eigenvalue weighted by Gasteiger charge is 2.36. The number of hydrogen-bond acceptors (Lipinski definition) is 3. The SMILES string of the molecule is CC(C)(C)OC1CN(C(=O)O)CC1=O. The van der Waals surface area contributed by atoms with Crippen molar-refractivity contribution in [3.05, 3.63) is 0 Å². The number of ether oxygens (including phenoxy) is 1. The molecule has 1 N–H and O–H groups in total. The predicted molar refractivity (Wildman–Crippen MR) is 49.2 cm³/mol. The highest BCUT2D eigenvalue weighted by atomic mass is 16.5. The van der Waals surface area contributed by atoms with Gasteiger partial charge >= 0.3 is 6.09 Å². The molecule has 1 fully saturated rings. The Labute approximate surface area is 82.6 Å². The third-order valence-electron chi connectivity index (χ3n) is 1.86. The van der Waals surface area contributed by atoms with E-state index >= 15 is 0 Å². The van der Waals surface area contributed by atoms with E-state index < -0.39 is 17.8 Å². The first-order valence-corrected chi connectivity index (χ1v) is 4.48. The summed E-state index contributed by atoms with van der Waals surface area (Å²) in [6, 6.07) is 0. The lowest BCUT2D eigenvalue weighted by Gasteiger charge is -2.23. The average Bonchev–Trinajstić information content (AvgIpc) is 2.29. The zero-order chi connectivity index (χ0) is 10.9. The molecule has 0 aromatic carbocycles. The number of nitrogens with zero attached hydrogens (tertiary/aromatic N) is 1. The average molecular weight is 201 g/mol. The van der Waals surface area contributed by atoms with E-state index in [0.29, 0.717) is 0 Å². The Bertz CT molecular complexity index is 256. The van der Waals surface area contributed by atoms with Gasteiger partial charge in [-0.3, -0.25) is 9.69 Å². The summed E-state index contributed by atoms with van der Waals surface area (Å²) >= 11 is 0. The van der Waals surface area contributed by atoms with Crippen molar-refractivity contribution >= 4 is 11.9 Å². The molecule has 1 amide bonds. The highest BCUT2D eigenvalue weighted by molar-refractivity contribution is 5.90. The van der Waals surface area contributed by atoms with E-state index in [0.717, 1.165) is 4.90 Å². The summed E-state index contributed by atoms with van der Waals surface area (Å²) in [7, 11) is 0. The first-order chi connectivity index (χ1) is 6.29. The summed E-state index contributed by atoms with van der Waals surface area (Å²) in [4.78, 5) is 23.0. The van der Waals surface area contributed by atoms with Gasteiger partial charge in [0.15, 0.2) is 5.78 Å². The first kappa shape index (κ1) is 11.0. The van der Waals surface area contributed by atoms with Crippen LogP contribution in [0.5, 0.6) is 0 Å². The lowest BCUT2D eigenvalue weighted by Crippen LogP contribution is -2.33. The number of carbonyl (C=O) groups is 2. The molecule has 0 spiro atoms. The number of likely N-dealkylation sites (tertiary alicyclic amines) is 1. The highest BCUT2D eigenvalue weighted by Crippen LogP contribution is 2.17. The van der Waals surface area contributed by atoms with Crippen LogP contribution in [0.15, 0.2) is 0 Å². The molecule has 0 aromatic rings. The molecule has 1 unspecified atom stereocenters. The molecule has 1 saturated heterocycles.